The van der Waals surface area contributed by atoms with Crippen LogP contribution in [-0.2, 0) is 11.3 Å². The summed E-state index contributed by atoms with van der Waals surface area (Å²) >= 11 is 0. The highest BCUT2D eigenvalue weighted by molar-refractivity contribution is 6.04. The van der Waals surface area contributed by atoms with E-state index in [9.17, 15) is 9.59 Å². The molecule has 0 bridgehead atoms. The van der Waals surface area contributed by atoms with Crippen molar-refractivity contribution in [2.75, 3.05) is 11.9 Å². The minimum Gasteiger partial charge on any atom is -0.338 e. The number of benzene rings is 2. The summed E-state index contributed by atoms with van der Waals surface area (Å²) < 4.78 is 0. The van der Waals surface area contributed by atoms with Gasteiger partial charge in [-0.2, -0.15) is 0 Å². The molecule has 0 radical (unpaired) electrons. The normalized spacial score (nSPS) is 14.2. The summed E-state index contributed by atoms with van der Waals surface area (Å²) in [6.45, 7) is 1.45. The Morgan fingerprint density at radius 3 is 2.41 bits per heavy atom. The van der Waals surface area contributed by atoms with Crippen molar-refractivity contribution in [3.05, 3.63) is 65.7 Å². The Morgan fingerprint density at radius 1 is 1.05 bits per heavy atom. The van der Waals surface area contributed by atoms with Gasteiger partial charge in [-0.3, -0.25) is 9.59 Å². The van der Waals surface area contributed by atoms with Gasteiger partial charge >= 0.3 is 0 Å². The van der Waals surface area contributed by atoms with Crippen molar-refractivity contribution in [3.8, 4) is 0 Å². The summed E-state index contributed by atoms with van der Waals surface area (Å²) in [6.07, 6.45) is 1.59. The van der Waals surface area contributed by atoms with Crippen LogP contribution in [0.2, 0.25) is 0 Å². The van der Waals surface area contributed by atoms with Crippen molar-refractivity contribution in [2.24, 2.45) is 0 Å². The van der Waals surface area contributed by atoms with Gasteiger partial charge in [0, 0.05) is 30.8 Å². The van der Waals surface area contributed by atoms with Gasteiger partial charge in [0.05, 0.1) is 0 Å². The van der Waals surface area contributed by atoms with Crippen molar-refractivity contribution in [1.29, 1.82) is 0 Å². The van der Waals surface area contributed by atoms with E-state index in [0.717, 1.165) is 24.2 Å². The minimum atomic E-state index is -0.130. The second-order valence-corrected chi connectivity index (χ2v) is 5.44. The van der Waals surface area contributed by atoms with E-state index >= 15 is 0 Å². The molecule has 1 aliphatic rings. The number of hydrogen-bond acceptors (Lipinski definition) is 2. The highest BCUT2D eigenvalue weighted by Crippen LogP contribution is 2.15. The number of likely N-dealkylation sites (tertiary alicyclic amines) is 1. The van der Waals surface area contributed by atoms with Crippen molar-refractivity contribution < 1.29 is 9.59 Å². The van der Waals surface area contributed by atoms with Crippen LogP contribution in [0, 0.1) is 0 Å². The number of carbonyl (C=O) groups excluding carboxylic acids is 2. The third-order valence-corrected chi connectivity index (χ3v) is 3.79. The lowest BCUT2D eigenvalue weighted by Gasteiger charge is -2.15. The molecular weight excluding hydrogens is 276 g/mol. The molecule has 22 heavy (non-hydrogen) atoms. The SMILES string of the molecule is O=C(Nc1ccccc1)c1ccc(CN2CCCC2=O)cc1. The smallest absolute Gasteiger partial charge is 0.255 e. The fraction of sp³-hybridized carbons (Fsp3) is 0.222. The molecule has 0 aliphatic carbocycles. The third kappa shape index (κ3) is 3.34. The average molecular weight is 294 g/mol. The average Bonchev–Trinajstić information content (AvgIpc) is 2.94. The highest BCUT2D eigenvalue weighted by atomic mass is 16.2. The first-order chi connectivity index (χ1) is 10.7. The van der Waals surface area contributed by atoms with Crippen LogP contribution in [0.4, 0.5) is 5.69 Å². The Labute approximate surface area is 129 Å². The molecule has 2 aromatic carbocycles. The van der Waals surface area contributed by atoms with Gasteiger partial charge in [-0.05, 0) is 36.2 Å². The molecule has 1 aliphatic heterocycles. The van der Waals surface area contributed by atoms with E-state index in [0.29, 0.717) is 18.5 Å². The maximum absolute atomic E-state index is 12.1. The topological polar surface area (TPSA) is 49.4 Å². The van der Waals surface area contributed by atoms with Crippen LogP contribution in [0.1, 0.15) is 28.8 Å². The lowest BCUT2D eigenvalue weighted by molar-refractivity contribution is -0.128. The molecule has 4 nitrogen and oxygen atoms in total. The standard InChI is InChI=1S/C18H18N2O2/c21-17-7-4-12-20(17)13-14-8-10-15(11-9-14)18(22)19-16-5-2-1-3-6-16/h1-3,5-6,8-11H,4,7,12-13H2,(H,19,22). The number of para-hydroxylation sites is 1. The predicted octanol–water partition coefficient (Wildman–Crippen LogP) is 3.06. The molecule has 0 spiro atoms. The number of nitrogens with zero attached hydrogens (tertiary/aromatic N) is 1. The minimum absolute atomic E-state index is 0.130. The van der Waals surface area contributed by atoms with Crippen LogP contribution in [0.5, 0.6) is 0 Å². The Balaban J connectivity index is 1.63. The largest absolute Gasteiger partial charge is 0.338 e. The third-order valence-electron chi connectivity index (χ3n) is 3.79. The van der Waals surface area contributed by atoms with Crippen LogP contribution in [0.3, 0.4) is 0 Å². The zero-order valence-electron chi connectivity index (χ0n) is 12.3. The van der Waals surface area contributed by atoms with Crippen LogP contribution >= 0.6 is 0 Å². The van der Waals surface area contributed by atoms with Crippen LogP contribution < -0.4 is 5.32 Å². The Kier molecular flexibility index (Phi) is 4.19. The zero-order chi connectivity index (χ0) is 15.4. The molecule has 4 heteroatoms. The Hall–Kier alpha value is -2.62. The molecule has 2 amide bonds. The first-order valence-corrected chi connectivity index (χ1v) is 7.45. The summed E-state index contributed by atoms with van der Waals surface area (Å²) in [5.74, 6) is 0.0842. The monoisotopic (exact) mass is 294 g/mol. The Bertz CT molecular complexity index is 665. The van der Waals surface area contributed by atoms with Gasteiger partial charge in [0.2, 0.25) is 5.91 Å². The number of rotatable bonds is 4. The maximum atomic E-state index is 12.1. The second-order valence-electron chi connectivity index (χ2n) is 5.44. The number of anilines is 1. The molecule has 2 aromatic rings. The van der Waals surface area contributed by atoms with Crippen LogP contribution in [0.25, 0.3) is 0 Å². The highest BCUT2D eigenvalue weighted by Gasteiger charge is 2.19. The van der Waals surface area contributed by atoms with E-state index in [2.05, 4.69) is 5.32 Å². The van der Waals surface area contributed by atoms with E-state index in [1.165, 1.54) is 0 Å². The maximum Gasteiger partial charge on any atom is 0.255 e. The van der Waals surface area contributed by atoms with Gasteiger partial charge in [-0.1, -0.05) is 30.3 Å². The van der Waals surface area contributed by atoms with Crippen LogP contribution in [-0.4, -0.2) is 23.3 Å². The summed E-state index contributed by atoms with van der Waals surface area (Å²) in [4.78, 5) is 25.6. The van der Waals surface area contributed by atoms with Gasteiger partial charge in [0.1, 0.15) is 0 Å². The number of hydrogen-bond donors (Lipinski definition) is 1. The van der Waals surface area contributed by atoms with E-state index in [-0.39, 0.29) is 11.8 Å². The van der Waals surface area contributed by atoms with Crippen molar-refractivity contribution in [3.63, 3.8) is 0 Å². The second kappa shape index (κ2) is 6.43. The molecule has 1 heterocycles. The molecule has 1 N–H and O–H groups in total. The molecule has 0 aromatic heterocycles. The summed E-state index contributed by atoms with van der Waals surface area (Å²) in [5, 5.41) is 2.85. The van der Waals surface area contributed by atoms with Gasteiger partial charge in [-0.25, -0.2) is 0 Å². The Morgan fingerprint density at radius 2 is 1.77 bits per heavy atom. The molecule has 0 saturated carbocycles. The molecular formula is C18H18N2O2. The molecule has 1 fully saturated rings. The van der Waals surface area contributed by atoms with Crippen molar-refractivity contribution in [1.82, 2.24) is 4.90 Å². The number of nitrogens with one attached hydrogen (secondary N) is 1. The number of carbonyl (C=O) groups is 2. The summed E-state index contributed by atoms with van der Waals surface area (Å²) in [5.41, 5.74) is 2.44. The molecule has 1 saturated heterocycles. The van der Waals surface area contributed by atoms with Crippen molar-refractivity contribution in [2.45, 2.75) is 19.4 Å². The van der Waals surface area contributed by atoms with Gasteiger partial charge in [0.15, 0.2) is 0 Å². The number of amides is 2. The molecule has 0 atom stereocenters. The zero-order valence-corrected chi connectivity index (χ0v) is 12.3. The van der Waals surface area contributed by atoms with Gasteiger partial charge < -0.3 is 10.2 Å². The molecule has 0 unspecified atom stereocenters. The molecule has 112 valence electrons. The van der Waals surface area contributed by atoms with E-state index in [1.54, 1.807) is 12.1 Å². The summed E-state index contributed by atoms with van der Waals surface area (Å²) in [7, 11) is 0. The van der Waals surface area contributed by atoms with Gasteiger partial charge in [0.25, 0.3) is 5.91 Å². The first-order valence-electron chi connectivity index (χ1n) is 7.45. The lowest BCUT2D eigenvalue weighted by Crippen LogP contribution is -2.23. The first kappa shape index (κ1) is 14.3. The van der Waals surface area contributed by atoms with Crippen molar-refractivity contribution >= 4 is 17.5 Å². The lowest BCUT2D eigenvalue weighted by atomic mass is 10.1. The molecule has 3 rings (SSSR count). The van der Waals surface area contributed by atoms with Gasteiger partial charge in [-0.15, -0.1) is 0 Å². The van der Waals surface area contributed by atoms with E-state index in [1.807, 2.05) is 47.4 Å². The fourth-order valence-corrected chi connectivity index (χ4v) is 2.58. The van der Waals surface area contributed by atoms with E-state index < -0.39 is 0 Å². The fourth-order valence-electron chi connectivity index (χ4n) is 2.58. The predicted molar refractivity (Wildman–Crippen MR) is 85.5 cm³/mol. The van der Waals surface area contributed by atoms with Crippen LogP contribution in [0.15, 0.2) is 54.6 Å². The van der Waals surface area contributed by atoms with E-state index in [4.69, 9.17) is 0 Å². The quantitative estimate of drug-likeness (QED) is 0.942. The summed E-state index contributed by atoms with van der Waals surface area (Å²) in [6, 6.07) is 16.8.